The van der Waals surface area contributed by atoms with Crippen LogP contribution in [0.25, 0.3) is 0 Å². The van der Waals surface area contributed by atoms with Crippen molar-refractivity contribution in [3.05, 3.63) is 19.9 Å². The predicted octanol–water partition coefficient (Wildman–Crippen LogP) is 1.54. The van der Waals surface area contributed by atoms with Crippen molar-refractivity contribution in [3.63, 3.8) is 0 Å². The van der Waals surface area contributed by atoms with Crippen molar-refractivity contribution in [1.29, 1.82) is 0 Å². The predicted molar refractivity (Wildman–Crippen MR) is 93.4 cm³/mol. The third-order valence-corrected chi connectivity index (χ3v) is 4.46. The lowest BCUT2D eigenvalue weighted by Gasteiger charge is -2.12. The summed E-state index contributed by atoms with van der Waals surface area (Å²) in [6.07, 6.45) is 0.958. The maximum atomic E-state index is 11.5. The average Bonchev–Trinajstić information content (AvgIpc) is 2.81. The normalized spacial score (nSPS) is 11.3. The number of carbonyl (C=O) groups is 1. The molecule has 0 aliphatic heterocycles. The summed E-state index contributed by atoms with van der Waals surface area (Å²) < 4.78 is 1.30. The van der Waals surface area contributed by atoms with E-state index in [0.29, 0.717) is 5.96 Å². The molecule has 5 nitrogen and oxygen atoms in total. The van der Waals surface area contributed by atoms with Crippen molar-refractivity contribution in [2.45, 2.75) is 13.3 Å². The summed E-state index contributed by atoms with van der Waals surface area (Å²) in [4.78, 5) is 18.7. The van der Waals surface area contributed by atoms with E-state index in [4.69, 9.17) is 0 Å². The molecule has 0 aromatic carbocycles. The molecule has 1 aromatic heterocycles. The van der Waals surface area contributed by atoms with Gasteiger partial charge in [-0.25, -0.2) is 4.99 Å². The van der Waals surface area contributed by atoms with E-state index in [1.807, 2.05) is 6.92 Å². The molecule has 7 heteroatoms. The number of carbonyl (C=O) groups excluding carboxylic acids is 1. The van der Waals surface area contributed by atoms with Crippen LogP contribution in [0.1, 0.15) is 11.8 Å². The molecule has 0 saturated carbocycles. The first-order valence-electron chi connectivity index (χ1n) is 6.49. The van der Waals surface area contributed by atoms with Crippen LogP contribution in [0.2, 0.25) is 0 Å². The molecule has 1 rings (SSSR count). The van der Waals surface area contributed by atoms with Gasteiger partial charge in [0.1, 0.15) is 6.54 Å². The van der Waals surface area contributed by atoms with Gasteiger partial charge in [0.05, 0.1) is 2.88 Å². The van der Waals surface area contributed by atoms with Gasteiger partial charge >= 0.3 is 0 Å². The summed E-state index contributed by atoms with van der Waals surface area (Å²) in [7, 11) is 3.47. The first-order chi connectivity index (χ1) is 9.52. The van der Waals surface area contributed by atoms with Crippen molar-refractivity contribution < 1.29 is 4.79 Å². The van der Waals surface area contributed by atoms with Crippen LogP contribution in [0.5, 0.6) is 0 Å². The second-order valence-corrected chi connectivity index (χ2v) is 7.43. The number of thiophene rings is 1. The molecule has 20 heavy (non-hydrogen) atoms. The Hall–Kier alpha value is -0.830. The second-order valence-electron chi connectivity index (χ2n) is 4.37. The van der Waals surface area contributed by atoms with Gasteiger partial charge in [0, 0.05) is 32.1 Å². The molecule has 0 unspecified atom stereocenters. The lowest BCUT2D eigenvalue weighted by molar-refractivity contribution is -0.127. The standard InChI is InChI=1S/C13H21IN4OS/c1-4-15-13(17-9-12(19)18(2)3)16-8-7-10-5-6-11(14)20-10/h5-6H,4,7-9H2,1-3H3,(H2,15,16,17). The number of hydrogen-bond acceptors (Lipinski definition) is 3. The van der Waals surface area contributed by atoms with Crippen LogP contribution < -0.4 is 10.6 Å². The van der Waals surface area contributed by atoms with Crippen LogP contribution in [-0.4, -0.2) is 50.5 Å². The summed E-state index contributed by atoms with van der Waals surface area (Å²) in [6, 6.07) is 4.27. The molecule has 0 radical (unpaired) electrons. The number of likely N-dealkylation sites (N-methyl/N-ethyl adjacent to an activating group) is 1. The third-order valence-electron chi connectivity index (χ3n) is 2.51. The molecule has 1 amide bonds. The molecular formula is C13H21IN4OS. The highest BCUT2D eigenvalue weighted by atomic mass is 127. The summed E-state index contributed by atoms with van der Waals surface area (Å²) in [5.74, 6) is 0.684. The number of aliphatic imine (C=N–C) groups is 1. The largest absolute Gasteiger partial charge is 0.357 e. The maximum Gasteiger partial charge on any atom is 0.243 e. The van der Waals surface area contributed by atoms with Crippen molar-refractivity contribution in [3.8, 4) is 0 Å². The summed E-state index contributed by atoms with van der Waals surface area (Å²) >= 11 is 4.13. The number of guanidine groups is 1. The van der Waals surface area contributed by atoms with Crippen molar-refractivity contribution >= 4 is 45.8 Å². The van der Waals surface area contributed by atoms with Gasteiger partial charge in [-0.15, -0.1) is 11.3 Å². The van der Waals surface area contributed by atoms with Gasteiger partial charge in [-0.2, -0.15) is 0 Å². The Balaban J connectivity index is 2.42. The molecular weight excluding hydrogens is 387 g/mol. The number of rotatable bonds is 6. The van der Waals surface area contributed by atoms with Crippen LogP contribution in [0.3, 0.4) is 0 Å². The van der Waals surface area contributed by atoms with Crippen molar-refractivity contribution in [2.24, 2.45) is 4.99 Å². The Kier molecular flexibility index (Phi) is 7.90. The molecule has 0 spiro atoms. The SMILES string of the molecule is CCNC(=NCC(=O)N(C)C)NCCc1ccc(I)s1. The monoisotopic (exact) mass is 408 g/mol. The van der Waals surface area contributed by atoms with E-state index in [0.717, 1.165) is 19.5 Å². The van der Waals surface area contributed by atoms with Crippen LogP contribution >= 0.6 is 33.9 Å². The summed E-state index contributed by atoms with van der Waals surface area (Å²) in [5, 5.41) is 6.38. The topological polar surface area (TPSA) is 56.7 Å². The molecule has 0 bridgehead atoms. The molecule has 0 aliphatic rings. The smallest absolute Gasteiger partial charge is 0.243 e. The Labute approximate surface area is 138 Å². The average molecular weight is 408 g/mol. The number of halogens is 1. The summed E-state index contributed by atoms with van der Waals surface area (Å²) in [5.41, 5.74) is 0. The van der Waals surface area contributed by atoms with Gasteiger partial charge in [0.25, 0.3) is 0 Å². The fourth-order valence-electron chi connectivity index (χ4n) is 1.42. The van der Waals surface area contributed by atoms with Crippen molar-refractivity contribution in [1.82, 2.24) is 15.5 Å². The minimum absolute atomic E-state index is 0.00462. The zero-order valence-electron chi connectivity index (χ0n) is 12.1. The van der Waals surface area contributed by atoms with E-state index in [-0.39, 0.29) is 12.5 Å². The van der Waals surface area contributed by atoms with Gasteiger partial charge in [0.15, 0.2) is 5.96 Å². The van der Waals surface area contributed by atoms with Crippen LogP contribution in [0.15, 0.2) is 17.1 Å². The van der Waals surface area contributed by atoms with E-state index in [1.54, 1.807) is 30.3 Å². The van der Waals surface area contributed by atoms with E-state index < -0.39 is 0 Å². The molecule has 0 atom stereocenters. The Morgan fingerprint density at radius 2 is 2.15 bits per heavy atom. The zero-order chi connectivity index (χ0) is 15.0. The second kappa shape index (κ2) is 9.17. The number of amides is 1. The Bertz CT molecular complexity index is 459. The zero-order valence-corrected chi connectivity index (χ0v) is 15.0. The lowest BCUT2D eigenvalue weighted by Crippen LogP contribution is -2.39. The lowest BCUT2D eigenvalue weighted by atomic mass is 10.3. The molecule has 112 valence electrons. The van der Waals surface area contributed by atoms with Gasteiger partial charge < -0.3 is 15.5 Å². The molecule has 1 heterocycles. The highest BCUT2D eigenvalue weighted by Gasteiger charge is 2.04. The number of hydrogen-bond donors (Lipinski definition) is 2. The van der Waals surface area contributed by atoms with Gasteiger partial charge in [-0.3, -0.25) is 4.79 Å². The molecule has 0 fully saturated rings. The van der Waals surface area contributed by atoms with E-state index in [9.17, 15) is 4.79 Å². The fraction of sp³-hybridized carbons (Fsp3) is 0.538. The Morgan fingerprint density at radius 1 is 1.40 bits per heavy atom. The molecule has 0 aliphatic carbocycles. The third kappa shape index (κ3) is 6.56. The first-order valence-corrected chi connectivity index (χ1v) is 8.39. The minimum Gasteiger partial charge on any atom is -0.357 e. The van der Waals surface area contributed by atoms with E-state index in [1.165, 1.54) is 7.76 Å². The van der Waals surface area contributed by atoms with E-state index >= 15 is 0 Å². The van der Waals surface area contributed by atoms with Crippen LogP contribution in [-0.2, 0) is 11.2 Å². The molecule has 1 aromatic rings. The van der Waals surface area contributed by atoms with Crippen molar-refractivity contribution in [2.75, 3.05) is 33.7 Å². The molecule has 2 N–H and O–H groups in total. The fourth-order valence-corrected chi connectivity index (χ4v) is 3.18. The van der Waals surface area contributed by atoms with Crippen LogP contribution in [0, 0.1) is 2.88 Å². The molecule has 0 saturated heterocycles. The van der Waals surface area contributed by atoms with Gasteiger partial charge in [0.2, 0.25) is 5.91 Å². The van der Waals surface area contributed by atoms with E-state index in [2.05, 4.69) is 50.3 Å². The quantitative estimate of drug-likeness (QED) is 0.427. The highest BCUT2D eigenvalue weighted by Crippen LogP contribution is 2.18. The van der Waals surface area contributed by atoms with Crippen LogP contribution in [0.4, 0.5) is 0 Å². The highest BCUT2D eigenvalue weighted by molar-refractivity contribution is 14.1. The van der Waals surface area contributed by atoms with Gasteiger partial charge in [-0.1, -0.05) is 0 Å². The first kappa shape index (κ1) is 17.2. The Morgan fingerprint density at radius 3 is 2.70 bits per heavy atom. The maximum absolute atomic E-state index is 11.5. The number of nitrogens with one attached hydrogen (secondary N) is 2. The summed E-state index contributed by atoms with van der Waals surface area (Å²) in [6.45, 7) is 3.75. The minimum atomic E-state index is -0.00462. The van der Waals surface area contributed by atoms with Gasteiger partial charge in [-0.05, 0) is 48.1 Å². The number of nitrogens with zero attached hydrogens (tertiary/aromatic N) is 2.